The monoisotopic (exact) mass is 523 g/mol. The first-order chi connectivity index (χ1) is 18.5. The number of nitriles is 1. The number of aromatic nitrogens is 2. The van der Waals surface area contributed by atoms with Gasteiger partial charge in [-0.1, -0.05) is 30.3 Å². The van der Waals surface area contributed by atoms with Gasteiger partial charge in [0, 0.05) is 39.6 Å². The average Bonchev–Trinajstić information content (AvgIpc) is 3.42. The van der Waals surface area contributed by atoms with Crippen LogP contribution in [-0.4, -0.2) is 22.9 Å². The molecule has 1 aliphatic carbocycles. The zero-order valence-corrected chi connectivity index (χ0v) is 21.3. The van der Waals surface area contributed by atoms with Crippen LogP contribution in [0, 0.1) is 17.3 Å². The van der Waals surface area contributed by atoms with E-state index in [-0.39, 0.29) is 22.7 Å². The van der Waals surface area contributed by atoms with Crippen molar-refractivity contribution in [2.24, 2.45) is 5.73 Å². The first-order valence-corrected chi connectivity index (χ1v) is 13.0. The van der Waals surface area contributed by atoms with E-state index in [1.807, 2.05) is 35.7 Å². The average molecular weight is 524 g/mol. The van der Waals surface area contributed by atoms with Crippen LogP contribution in [0.4, 0.5) is 9.52 Å². The third-order valence-electron chi connectivity index (χ3n) is 6.98. The highest BCUT2D eigenvalue weighted by Gasteiger charge is 2.42. The van der Waals surface area contributed by atoms with Gasteiger partial charge in [0.1, 0.15) is 11.6 Å². The number of ketones is 1. The topological polar surface area (TPSA) is 105 Å². The molecule has 0 radical (unpaired) electrons. The maximum atomic E-state index is 15.5. The Morgan fingerprint density at radius 2 is 1.97 bits per heavy atom. The highest BCUT2D eigenvalue weighted by Crippen LogP contribution is 2.47. The van der Waals surface area contributed by atoms with Crippen LogP contribution < -0.4 is 15.4 Å². The molecule has 2 aromatic heterocycles. The molecule has 38 heavy (non-hydrogen) atoms. The van der Waals surface area contributed by atoms with Crippen LogP contribution >= 0.6 is 11.3 Å². The summed E-state index contributed by atoms with van der Waals surface area (Å²) in [6.07, 6.45) is 1.49. The summed E-state index contributed by atoms with van der Waals surface area (Å²) in [6, 6.07) is 18.7. The van der Waals surface area contributed by atoms with Gasteiger partial charge in [-0.3, -0.25) is 9.69 Å². The zero-order chi connectivity index (χ0) is 26.4. The fraction of sp³-hybridized carbons (Fsp3) is 0.172. The lowest BCUT2D eigenvalue weighted by Crippen LogP contribution is -2.39. The minimum atomic E-state index is -0.962. The van der Waals surface area contributed by atoms with E-state index in [0.29, 0.717) is 52.3 Å². The standard InChI is InChI=1S/C29H22FN5O2S/c1-37-18-10-11-21-17(12-18)13-19(27(30)33-21)25-20(14-31)28(32)35(23-8-5-9-24(36)26(23)25)29-34-22(15-38-29)16-6-3-2-4-7-16/h2-4,6-7,10-13,15,25H,5,8-9,32H2,1H3. The van der Waals surface area contributed by atoms with E-state index in [0.717, 1.165) is 11.3 Å². The number of carbonyl (C=O) groups is 1. The van der Waals surface area contributed by atoms with E-state index in [1.54, 1.807) is 36.3 Å². The molecule has 3 heterocycles. The quantitative estimate of drug-likeness (QED) is 0.337. The molecule has 0 saturated carbocycles. The summed E-state index contributed by atoms with van der Waals surface area (Å²) >= 11 is 1.38. The van der Waals surface area contributed by atoms with Crippen LogP contribution in [0.2, 0.25) is 0 Å². The van der Waals surface area contributed by atoms with Crippen LogP contribution in [-0.2, 0) is 4.79 Å². The summed E-state index contributed by atoms with van der Waals surface area (Å²) in [5, 5.41) is 13.4. The highest BCUT2D eigenvalue weighted by atomic mass is 32.1. The summed E-state index contributed by atoms with van der Waals surface area (Å²) in [7, 11) is 1.55. The van der Waals surface area contributed by atoms with E-state index in [4.69, 9.17) is 15.5 Å². The summed E-state index contributed by atoms with van der Waals surface area (Å²) in [4.78, 5) is 24.1. The van der Waals surface area contributed by atoms with Crippen molar-refractivity contribution in [1.29, 1.82) is 5.26 Å². The van der Waals surface area contributed by atoms with Crippen molar-refractivity contribution in [2.75, 3.05) is 12.0 Å². The Kier molecular flexibility index (Phi) is 5.89. The Balaban J connectivity index is 1.54. The summed E-state index contributed by atoms with van der Waals surface area (Å²) in [6.45, 7) is 0. The van der Waals surface area contributed by atoms with Crippen molar-refractivity contribution in [3.8, 4) is 23.1 Å². The Labute approximate surface area is 222 Å². The van der Waals surface area contributed by atoms with Crippen LogP contribution in [0.3, 0.4) is 0 Å². The number of fused-ring (bicyclic) bond motifs is 1. The lowest BCUT2D eigenvalue weighted by Gasteiger charge is -2.38. The number of ether oxygens (including phenoxy) is 1. The predicted octanol–water partition coefficient (Wildman–Crippen LogP) is 5.81. The molecule has 0 fully saturated rings. The molecule has 7 nitrogen and oxygen atoms in total. The SMILES string of the molecule is COc1ccc2nc(F)c(C3C(C#N)=C(N)N(c4nc(-c5ccccc5)cs4)C4=C3C(=O)CCC4)cc2c1. The van der Waals surface area contributed by atoms with Crippen LogP contribution in [0.5, 0.6) is 5.75 Å². The van der Waals surface area contributed by atoms with E-state index < -0.39 is 11.9 Å². The highest BCUT2D eigenvalue weighted by molar-refractivity contribution is 7.14. The Morgan fingerprint density at radius 1 is 1.16 bits per heavy atom. The molecule has 0 saturated heterocycles. The summed E-state index contributed by atoms with van der Waals surface area (Å²) < 4.78 is 20.9. The molecule has 6 rings (SSSR count). The number of thiazole rings is 1. The van der Waals surface area contributed by atoms with Crippen molar-refractivity contribution in [3.63, 3.8) is 0 Å². The number of methoxy groups -OCH3 is 1. The Hall–Kier alpha value is -4.55. The second-order valence-corrected chi connectivity index (χ2v) is 9.96. The third-order valence-corrected chi connectivity index (χ3v) is 7.81. The van der Waals surface area contributed by atoms with Crippen molar-refractivity contribution in [3.05, 3.63) is 94.2 Å². The number of nitrogens with zero attached hydrogens (tertiary/aromatic N) is 4. The maximum Gasteiger partial charge on any atom is 0.217 e. The van der Waals surface area contributed by atoms with Crippen molar-refractivity contribution >= 4 is 33.2 Å². The van der Waals surface area contributed by atoms with E-state index in [1.165, 1.54) is 11.3 Å². The van der Waals surface area contributed by atoms with Gasteiger partial charge in [-0.05, 0) is 37.1 Å². The molecule has 188 valence electrons. The molecule has 0 spiro atoms. The fourth-order valence-electron chi connectivity index (χ4n) is 5.20. The minimum absolute atomic E-state index is 0.0957. The minimum Gasteiger partial charge on any atom is -0.497 e. The van der Waals surface area contributed by atoms with Gasteiger partial charge in [-0.25, -0.2) is 9.97 Å². The van der Waals surface area contributed by atoms with E-state index >= 15 is 4.39 Å². The molecule has 0 amide bonds. The molecule has 2 aliphatic rings. The normalized spacial score (nSPS) is 17.6. The van der Waals surface area contributed by atoms with Gasteiger partial charge in [0.25, 0.3) is 0 Å². The molecule has 9 heteroatoms. The molecular formula is C29H22FN5O2S. The molecule has 1 aliphatic heterocycles. The summed E-state index contributed by atoms with van der Waals surface area (Å²) in [5.74, 6) is -1.10. The number of allylic oxidation sites excluding steroid dienone is 3. The number of Topliss-reactive ketones (excluding diaryl/α,β-unsaturated/α-hetero) is 1. The van der Waals surface area contributed by atoms with E-state index in [2.05, 4.69) is 11.1 Å². The van der Waals surface area contributed by atoms with Gasteiger partial charge in [-0.15, -0.1) is 11.3 Å². The number of nitrogens with two attached hydrogens (primary N) is 1. The lowest BCUT2D eigenvalue weighted by atomic mass is 9.76. The molecule has 0 bridgehead atoms. The second kappa shape index (κ2) is 9.39. The number of pyridine rings is 1. The maximum absolute atomic E-state index is 15.5. The molecule has 2 N–H and O–H groups in total. The van der Waals surface area contributed by atoms with Crippen molar-refractivity contribution < 1.29 is 13.9 Å². The molecule has 1 atom stereocenters. The lowest BCUT2D eigenvalue weighted by molar-refractivity contribution is -0.116. The van der Waals surface area contributed by atoms with Crippen LogP contribution in [0.15, 0.2) is 82.6 Å². The zero-order valence-electron chi connectivity index (χ0n) is 20.4. The number of benzene rings is 2. The van der Waals surface area contributed by atoms with Gasteiger partial charge in [0.15, 0.2) is 10.9 Å². The van der Waals surface area contributed by atoms with Gasteiger partial charge < -0.3 is 10.5 Å². The molecular weight excluding hydrogens is 501 g/mol. The predicted molar refractivity (Wildman–Crippen MR) is 144 cm³/mol. The van der Waals surface area contributed by atoms with Crippen LogP contribution in [0.1, 0.15) is 30.7 Å². The second-order valence-electron chi connectivity index (χ2n) is 9.12. The van der Waals surface area contributed by atoms with Gasteiger partial charge in [0.2, 0.25) is 5.95 Å². The smallest absolute Gasteiger partial charge is 0.217 e. The molecule has 1 unspecified atom stereocenters. The van der Waals surface area contributed by atoms with Gasteiger partial charge in [-0.2, -0.15) is 9.65 Å². The number of halogens is 1. The number of rotatable bonds is 4. The largest absolute Gasteiger partial charge is 0.497 e. The number of anilines is 1. The van der Waals surface area contributed by atoms with Crippen molar-refractivity contribution in [1.82, 2.24) is 9.97 Å². The number of hydrogen-bond acceptors (Lipinski definition) is 8. The first-order valence-electron chi connectivity index (χ1n) is 12.1. The van der Waals surface area contributed by atoms with Crippen molar-refractivity contribution in [2.45, 2.75) is 25.2 Å². The number of hydrogen-bond donors (Lipinski definition) is 1. The Bertz CT molecular complexity index is 1700. The fourth-order valence-corrected chi connectivity index (χ4v) is 6.07. The van der Waals surface area contributed by atoms with Gasteiger partial charge in [0.05, 0.1) is 35.9 Å². The van der Waals surface area contributed by atoms with Crippen LogP contribution in [0.25, 0.3) is 22.2 Å². The van der Waals surface area contributed by atoms with E-state index in [9.17, 15) is 10.1 Å². The summed E-state index contributed by atoms with van der Waals surface area (Å²) in [5.41, 5.74) is 10.1. The third kappa shape index (κ3) is 3.81. The number of carbonyl (C=O) groups excluding carboxylic acids is 1. The molecule has 2 aromatic carbocycles. The molecule has 4 aromatic rings. The Morgan fingerprint density at radius 3 is 2.74 bits per heavy atom. The van der Waals surface area contributed by atoms with Gasteiger partial charge >= 0.3 is 0 Å². The first kappa shape index (κ1) is 23.8.